The van der Waals surface area contributed by atoms with Crippen molar-refractivity contribution < 1.29 is 4.74 Å². The molecule has 0 saturated heterocycles. The molecule has 0 bridgehead atoms. The summed E-state index contributed by atoms with van der Waals surface area (Å²) in [5.74, 6) is 2.37. The zero-order valence-electron chi connectivity index (χ0n) is 28.4. The van der Waals surface area contributed by atoms with Crippen LogP contribution in [0.5, 0.6) is 11.5 Å². The van der Waals surface area contributed by atoms with E-state index in [0.29, 0.717) is 5.82 Å². The van der Waals surface area contributed by atoms with Gasteiger partial charge in [-0.3, -0.25) is 0 Å². The van der Waals surface area contributed by atoms with Crippen LogP contribution in [-0.4, -0.2) is 9.97 Å². The predicted octanol–water partition coefficient (Wildman–Crippen LogP) is 13.7. The molecule has 11 rings (SSSR count). The monoisotopic (exact) mass is 695 g/mol. The second-order valence-electron chi connectivity index (χ2n) is 13.4. The van der Waals surface area contributed by atoms with Crippen LogP contribution in [0.15, 0.2) is 176 Å². The molecule has 3 heterocycles. The molecule has 0 radical (unpaired) electrons. The minimum Gasteiger partial charge on any atom is -0.456 e. The van der Waals surface area contributed by atoms with E-state index in [4.69, 9.17) is 14.7 Å². The number of rotatable bonds is 5. The Balaban J connectivity index is 1.10. The predicted molar refractivity (Wildman–Crippen MR) is 221 cm³/mol. The summed E-state index contributed by atoms with van der Waals surface area (Å²) in [6.45, 7) is 0. The fraction of sp³-hybridized carbons (Fsp3) is 0. The Labute approximate surface area is 309 Å². The highest BCUT2D eigenvalue weighted by Gasteiger charge is 2.25. The number of benzene rings is 8. The zero-order valence-corrected chi connectivity index (χ0v) is 29.2. The summed E-state index contributed by atoms with van der Waals surface area (Å²) >= 11 is 1.75. The number of ether oxygens (including phenoxy) is 1. The molecule has 1 aliphatic rings. The van der Waals surface area contributed by atoms with Gasteiger partial charge in [-0.25, -0.2) is 9.97 Å². The molecule has 248 valence electrons. The van der Waals surface area contributed by atoms with E-state index in [0.717, 1.165) is 82.9 Å². The van der Waals surface area contributed by atoms with Crippen molar-refractivity contribution >= 4 is 70.2 Å². The van der Waals surface area contributed by atoms with Crippen LogP contribution in [0.1, 0.15) is 0 Å². The van der Waals surface area contributed by atoms with Gasteiger partial charge in [-0.1, -0.05) is 115 Å². The standard InChI is InChI=1S/C48H29N3OS/c1-3-13-31(14-4-1)45-47-46(39-18-9-10-21-43(39)53-47)50-48(49-45)38-25-27-42-44-36(38)19-11-20-37(44)40-29-35(24-26-41(40)52-42)51(33-16-5-2-6-17-33)34-23-22-30-12-7-8-15-32(30)28-34/h1-29H. The second-order valence-corrected chi connectivity index (χ2v) is 14.4. The van der Waals surface area contributed by atoms with E-state index >= 15 is 0 Å². The molecule has 0 aliphatic carbocycles. The zero-order chi connectivity index (χ0) is 34.9. The molecule has 0 atom stereocenters. The number of hydrogen-bond acceptors (Lipinski definition) is 5. The molecule has 4 nitrogen and oxygen atoms in total. The van der Waals surface area contributed by atoms with Gasteiger partial charge in [-0.2, -0.15) is 0 Å². The highest BCUT2D eigenvalue weighted by atomic mass is 32.1. The number of fused-ring (bicyclic) bond motifs is 6. The molecule has 0 N–H and O–H groups in total. The largest absolute Gasteiger partial charge is 0.456 e. The molecule has 0 unspecified atom stereocenters. The van der Waals surface area contributed by atoms with E-state index in [2.05, 4.69) is 175 Å². The highest BCUT2D eigenvalue weighted by molar-refractivity contribution is 7.26. The summed E-state index contributed by atoms with van der Waals surface area (Å²) in [6, 6.07) is 61.9. The third kappa shape index (κ3) is 4.82. The first-order valence-electron chi connectivity index (χ1n) is 17.7. The maximum atomic E-state index is 6.70. The van der Waals surface area contributed by atoms with E-state index in [1.165, 1.54) is 15.5 Å². The number of para-hydroxylation sites is 1. The lowest BCUT2D eigenvalue weighted by atomic mass is 9.92. The van der Waals surface area contributed by atoms with E-state index in [1.54, 1.807) is 11.3 Å². The molecule has 0 spiro atoms. The SMILES string of the molecule is c1ccc(-c2nc(-c3ccc4c5c(cccc35)-c3cc(N(c5ccccc5)c5ccc6ccccc6c5)ccc3O4)nc3c2sc2ccccc23)cc1. The van der Waals surface area contributed by atoms with Gasteiger partial charge in [0.1, 0.15) is 11.5 Å². The normalized spacial score (nSPS) is 11.9. The van der Waals surface area contributed by atoms with Crippen LogP contribution in [0, 0.1) is 0 Å². The van der Waals surface area contributed by atoms with Crippen molar-refractivity contribution in [2.75, 3.05) is 4.90 Å². The van der Waals surface area contributed by atoms with E-state index in [9.17, 15) is 0 Å². The van der Waals surface area contributed by atoms with Crippen LogP contribution in [-0.2, 0) is 0 Å². The van der Waals surface area contributed by atoms with Crippen molar-refractivity contribution in [1.82, 2.24) is 9.97 Å². The average Bonchev–Trinajstić information content (AvgIpc) is 3.60. The van der Waals surface area contributed by atoms with Gasteiger partial charge in [-0.05, 0) is 82.4 Å². The van der Waals surface area contributed by atoms with Gasteiger partial charge in [0.25, 0.3) is 0 Å². The van der Waals surface area contributed by atoms with Gasteiger partial charge in [-0.15, -0.1) is 11.3 Å². The highest BCUT2D eigenvalue weighted by Crippen LogP contribution is 2.51. The fourth-order valence-electron chi connectivity index (χ4n) is 7.80. The Morgan fingerprint density at radius 3 is 2.08 bits per heavy atom. The molecule has 53 heavy (non-hydrogen) atoms. The molecule has 2 aromatic heterocycles. The molecule has 8 aromatic carbocycles. The lowest BCUT2D eigenvalue weighted by molar-refractivity contribution is 0.487. The molecule has 1 aliphatic heterocycles. The van der Waals surface area contributed by atoms with Crippen LogP contribution < -0.4 is 9.64 Å². The van der Waals surface area contributed by atoms with Crippen molar-refractivity contribution in [1.29, 1.82) is 0 Å². The van der Waals surface area contributed by atoms with Gasteiger partial charge in [0.05, 0.1) is 15.9 Å². The van der Waals surface area contributed by atoms with Gasteiger partial charge in [0.15, 0.2) is 5.82 Å². The second kappa shape index (κ2) is 11.9. The van der Waals surface area contributed by atoms with Crippen molar-refractivity contribution in [3.05, 3.63) is 176 Å². The van der Waals surface area contributed by atoms with Crippen molar-refractivity contribution in [3.8, 4) is 45.3 Å². The van der Waals surface area contributed by atoms with Crippen molar-refractivity contribution in [2.45, 2.75) is 0 Å². The quantitative estimate of drug-likeness (QED) is 0.180. The van der Waals surface area contributed by atoms with Gasteiger partial charge >= 0.3 is 0 Å². The van der Waals surface area contributed by atoms with E-state index < -0.39 is 0 Å². The first-order chi connectivity index (χ1) is 26.3. The Morgan fingerprint density at radius 1 is 0.472 bits per heavy atom. The van der Waals surface area contributed by atoms with Crippen molar-refractivity contribution in [2.24, 2.45) is 0 Å². The van der Waals surface area contributed by atoms with E-state index in [1.807, 2.05) is 6.07 Å². The first kappa shape index (κ1) is 29.9. The van der Waals surface area contributed by atoms with Crippen LogP contribution >= 0.6 is 11.3 Å². The number of nitrogens with zero attached hydrogens (tertiary/aromatic N) is 3. The molecule has 0 amide bonds. The number of thiophene rings is 1. The molecule has 5 heteroatoms. The summed E-state index contributed by atoms with van der Waals surface area (Å²) in [7, 11) is 0. The summed E-state index contributed by atoms with van der Waals surface area (Å²) < 4.78 is 9.00. The van der Waals surface area contributed by atoms with Crippen LogP contribution in [0.4, 0.5) is 17.1 Å². The van der Waals surface area contributed by atoms with Gasteiger partial charge in [0, 0.05) is 49.2 Å². The molecule has 0 fully saturated rings. The third-order valence-electron chi connectivity index (χ3n) is 10.2. The maximum Gasteiger partial charge on any atom is 0.161 e. The molecular formula is C48H29N3OS. The smallest absolute Gasteiger partial charge is 0.161 e. The van der Waals surface area contributed by atoms with Gasteiger partial charge in [0.2, 0.25) is 0 Å². The number of aromatic nitrogens is 2. The molecular weight excluding hydrogens is 667 g/mol. The topological polar surface area (TPSA) is 38.2 Å². The maximum absolute atomic E-state index is 6.70. The molecule has 0 saturated carbocycles. The minimum absolute atomic E-state index is 0.703. The Hall–Kier alpha value is -6.82. The average molecular weight is 696 g/mol. The number of hydrogen-bond donors (Lipinski definition) is 0. The first-order valence-corrected chi connectivity index (χ1v) is 18.6. The van der Waals surface area contributed by atoms with Gasteiger partial charge < -0.3 is 9.64 Å². The summed E-state index contributed by atoms with van der Waals surface area (Å²) in [4.78, 5) is 12.9. The summed E-state index contributed by atoms with van der Waals surface area (Å²) in [6.07, 6.45) is 0. The lowest BCUT2D eigenvalue weighted by Gasteiger charge is -2.28. The Morgan fingerprint density at radius 2 is 1.19 bits per heavy atom. The Bertz CT molecular complexity index is 3050. The van der Waals surface area contributed by atoms with E-state index in [-0.39, 0.29) is 0 Å². The van der Waals surface area contributed by atoms with Crippen LogP contribution in [0.3, 0.4) is 0 Å². The van der Waals surface area contributed by atoms with Crippen molar-refractivity contribution in [3.63, 3.8) is 0 Å². The lowest BCUT2D eigenvalue weighted by Crippen LogP contribution is -2.10. The Kier molecular flexibility index (Phi) is 6.69. The third-order valence-corrected chi connectivity index (χ3v) is 11.4. The van der Waals surface area contributed by atoms with Crippen LogP contribution in [0.25, 0.3) is 75.6 Å². The summed E-state index contributed by atoms with van der Waals surface area (Å²) in [5, 5.41) is 5.68. The fourth-order valence-corrected chi connectivity index (χ4v) is 8.95. The number of anilines is 3. The summed E-state index contributed by atoms with van der Waals surface area (Å²) in [5.41, 5.74) is 9.39. The molecule has 10 aromatic rings. The van der Waals surface area contributed by atoms with Crippen LogP contribution in [0.2, 0.25) is 0 Å². The minimum atomic E-state index is 0.703.